The molecule has 3 N–H and O–H groups in total. The van der Waals surface area contributed by atoms with Crippen LogP contribution in [-0.2, 0) is 9.59 Å². The zero-order valence-electron chi connectivity index (χ0n) is 16.6. The van der Waals surface area contributed by atoms with Gasteiger partial charge in [-0.15, -0.1) is 0 Å². The molecule has 8 heteroatoms. The predicted molar refractivity (Wildman–Crippen MR) is 107 cm³/mol. The molecule has 2 amide bonds. The van der Waals surface area contributed by atoms with Crippen LogP contribution in [0.1, 0.15) is 57.1 Å². The number of aryl methyl sites for hydroxylation is 1. The summed E-state index contributed by atoms with van der Waals surface area (Å²) in [6.07, 6.45) is 8.04. The third kappa shape index (κ3) is 5.56. The Balaban J connectivity index is 1.45. The molecule has 1 aliphatic heterocycles. The van der Waals surface area contributed by atoms with E-state index in [0.29, 0.717) is 50.2 Å². The van der Waals surface area contributed by atoms with Gasteiger partial charge >= 0.3 is 0 Å². The minimum absolute atomic E-state index is 0.00128. The number of carbonyl (C=O) groups is 2. The lowest BCUT2D eigenvalue weighted by atomic mass is 9.93. The summed E-state index contributed by atoms with van der Waals surface area (Å²) in [7, 11) is 0. The second-order valence-electron chi connectivity index (χ2n) is 7.88. The van der Waals surface area contributed by atoms with Crippen LogP contribution in [0.5, 0.6) is 0 Å². The maximum Gasteiger partial charge on any atom is 0.252 e. The van der Waals surface area contributed by atoms with Gasteiger partial charge in [0.05, 0.1) is 5.92 Å². The number of aromatic nitrogens is 2. The number of hydrogen-bond acceptors (Lipinski definition) is 5. The molecule has 0 spiro atoms. The molecule has 2 fully saturated rings. The number of aromatic amines is 1. The van der Waals surface area contributed by atoms with E-state index in [0.717, 1.165) is 12.8 Å². The molecule has 1 saturated carbocycles. The van der Waals surface area contributed by atoms with Crippen LogP contribution in [0.2, 0.25) is 0 Å². The Morgan fingerprint density at radius 1 is 1.18 bits per heavy atom. The highest BCUT2D eigenvalue weighted by atomic mass is 16.2. The molecule has 0 unspecified atom stereocenters. The van der Waals surface area contributed by atoms with Gasteiger partial charge in [-0.05, 0) is 26.2 Å². The number of amides is 2. The third-order valence-corrected chi connectivity index (χ3v) is 5.67. The van der Waals surface area contributed by atoms with Crippen LogP contribution in [0, 0.1) is 12.8 Å². The first-order chi connectivity index (χ1) is 13.5. The van der Waals surface area contributed by atoms with Crippen molar-refractivity contribution in [3.05, 3.63) is 22.1 Å². The van der Waals surface area contributed by atoms with E-state index in [1.54, 1.807) is 6.92 Å². The van der Waals surface area contributed by atoms with Gasteiger partial charge in [-0.2, -0.15) is 0 Å². The van der Waals surface area contributed by atoms with Crippen molar-refractivity contribution < 1.29 is 9.59 Å². The Kier molecular flexibility index (Phi) is 7.06. The molecule has 0 aromatic carbocycles. The van der Waals surface area contributed by atoms with E-state index in [4.69, 9.17) is 0 Å². The van der Waals surface area contributed by atoms with Crippen LogP contribution >= 0.6 is 0 Å². The first-order valence-electron chi connectivity index (χ1n) is 10.4. The minimum atomic E-state index is -0.204. The van der Waals surface area contributed by atoms with Crippen molar-refractivity contribution in [1.82, 2.24) is 20.2 Å². The maximum absolute atomic E-state index is 12.6. The quantitative estimate of drug-likeness (QED) is 0.506. The topological polar surface area (TPSA) is 107 Å². The number of likely N-dealkylation sites (tertiary alicyclic amines) is 1. The molecule has 2 heterocycles. The normalized spacial score (nSPS) is 21.2. The van der Waals surface area contributed by atoms with Crippen molar-refractivity contribution >= 4 is 17.8 Å². The monoisotopic (exact) mass is 389 g/mol. The number of carbonyl (C=O) groups excluding carboxylic acids is 2. The van der Waals surface area contributed by atoms with Gasteiger partial charge in [0.25, 0.3) is 5.56 Å². The van der Waals surface area contributed by atoms with Crippen molar-refractivity contribution in [3.8, 4) is 0 Å². The zero-order valence-corrected chi connectivity index (χ0v) is 16.6. The number of rotatable bonds is 6. The summed E-state index contributed by atoms with van der Waals surface area (Å²) < 4.78 is 0. The lowest BCUT2D eigenvalue weighted by Crippen LogP contribution is -2.50. The standard InChI is InChI=1S/C20H31N5O3/c1-14-12-17(26)24-20(23-14)22-11-10-21-19(28)15-8-9-18(27)25(13-15)16-6-4-2-3-5-7-16/h12,15-16H,2-11,13H2,1H3,(H,21,28)(H2,22,23,24,26)/t15-/m1/s1. The Morgan fingerprint density at radius 2 is 1.93 bits per heavy atom. The second-order valence-corrected chi connectivity index (χ2v) is 7.88. The highest BCUT2D eigenvalue weighted by Crippen LogP contribution is 2.27. The summed E-state index contributed by atoms with van der Waals surface area (Å²) in [6.45, 7) is 3.20. The Labute approximate surface area is 165 Å². The van der Waals surface area contributed by atoms with E-state index >= 15 is 0 Å². The Bertz CT molecular complexity index is 740. The first kappa shape index (κ1) is 20.4. The van der Waals surface area contributed by atoms with Crippen LogP contribution < -0.4 is 16.2 Å². The van der Waals surface area contributed by atoms with Crippen molar-refractivity contribution in [2.75, 3.05) is 25.0 Å². The summed E-state index contributed by atoms with van der Waals surface area (Å²) >= 11 is 0. The number of nitrogens with one attached hydrogen (secondary N) is 3. The molecular weight excluding hydrogens is 358 g/mol. The van der Waals surface area contributed by atoms with Crippen LogP contribution in [0.3, 0.4) is 0 Å². The predicted octanol–water partition coefficient (Wildman–Crippen LogP) is 1.57. The molecule has 0 radical (unpaired) electrons. The fourth-order valence-corrected chi connectivity index (χ4v) is 4.18. The third-order valence-electron chi connectivity index (χ3n) is 5.67. The van der Waals surface area contributed by atoms with E-state index in [1.165, 1.54) is 31.7 Å². The first-order valence-corrected chi connectivity index (χ1v) is 10.4. The van der Waals surface area contributed by atoms with Crippen molar-refractivity contribution in [2.45, 2.75) is 64.3 Å². The van der Waals surface area contributed by atoms with Crippen LogP contribution in [0.4, 0.5) is 5.95 Å². The number of hydrogen-bond donors (Lipinski definition) is 3. The van der Waals surface area contributed by atoms with Crippen LogP contribution in [0.15, 0.2) is 10.9 Å². The van der Waals surface area contributed by atoms with Crippen molar-refractivity contribution in [1.29, 1.82) is 0 Å². The van der Waals surface area contributed by atoms with Gasteiger partial charge in [0.15, 0.2) is 0 Å². The molecule has 0 bridgehead atoms. The van der Waals surface area contributed by atoms with Gasteiger partial charge < -0.3 is 15.5 Å². The van der Waals surface area contributed by atoms with Crippen LogP contribution in [-0.4, -0.2) is 52.4 Å². The van der Waals surface area contributed by atoms with Gasteiger partial charge in [-0.25, -0.2) is 4.98 Å². The summed E-state index contributed by atoms with van der Waals surface area (Å²) in [5.74, 6) is 0.464. The molecule has 1 atom stereocenters. The maximum atomic E-state index is 12.6. The number of nitrogens with zero attached hydrogens (tertiary/aromatic N) is 2. The van der Waals surface area contributed by atoms with Gasteiger partial charge in [-0.1, -0.05) is 25.7 Å². The fourth-order valence-electron chi connectivity index (χ4n) is 4.18. The highest BCUT2D eigenvalue weighted by molar-refractivity contribution is 5.84. The Hall–Kier alpha value is -2.38. The lowest BCUT2D eigenvalue weighted by Gasteiger charge is -2.37. The number of piperidine rings is 1. The minimum Gasteiger partial charge on any atom is -0.354 e. The van der Waals surface area contributed by atoms with E-state index in [1.807, 2.05) is 4.90 Å². The smallest absolute Gasteiger partial charge is 0.252 e. The van der Waals surface area contributed by atoms with Gasteiger partial charge in [0.1, 0.15) is 0 Å². The van der Waals surface area contributed by atoms with Crippen molar-refractivity contribution in [2.24, 2.45) is 5.92 Å². The molecule has 1 aromatic heterocycles. The van der Waals surface area contributed by atoms with Gasteiger partial charge in [0, 0.05) is 43.9 Å². The second kappa shape index (κ2) is 9.71. The van der Waals surface area contributed by atoms with E-state index in [9.17, 15) is 14.4 Å². The molecular formula is C20H31N5O3. The number of anilines is 1. The molecule has 2 aliphatic rings. The molecule has 1 aromatic rings. The number of H-pyrrole nitrogens is 1. The van der Waals surface area contributed by atoms with Gasteiger partial charge in [-0.3, -0.25) is 19.4 Å². The van der Waals surface area contributed by atoms with Crippen molar-refractivity contribution in [3.63, 3.8) is 0 Å². The molecule has 154 valence electrons. The summed E-state index contributed by atoms with van der Waals surface area (Å²) in [4.78, 5) is 45.2. The van der Waals surface area contributed by atoms with Gasteiger partial charge in [0.2, 0.25) is 17.8 Å². The summed E-state index contributed by atoms with van der Waals surface area (Å²) in [6, 6.07) is 1.73. The Morgan fingerprint density at radius 3 is 2.64 bits per heavy atom. The highest BCUT2D eigenvalue weighted by Gasteiger charge is 2.34. The molecule has 1 saturated heterocycles. The lowest BCUT2D eigenvalue weighted by molar-refractivity contribution is -0.141. The summed E-state index contributed by atoms with van der Waals surface area (Å²) in [5.41, 5.74) is 0.435. The molecule has 1 aliphatic carbocycles. The average molecular weight is 390 g/mol. The molecule has 28 heavy (non-hydrogen) atoms. The van der Waals surface area contributed by atoms with Crippen LogP contribution in [0.25, 0.3) is 0 Å². The SMILES string of the molecule is Cc1cc(=O)[nH]c(NCCNC(=O)[C@@H]2CCC(=O)N(C3CCCCCC3)C2)n1. The van der Waals surface area contributed by atoms with E-state index < -0.39 is 0 Å². The zero-order chi connectivity index (χ0) is 19.9. The molecule has 8 nitrogen and oxygen atoms in total. The van der Waals surface area contributed by atoms with E-state index in [2.05, 4.69) is 20.6 Å². The molecule has 3 rings (SSSR count). The van der Waals surface area contributed by atoms with E-state index in [-0.39, 0.29) is 23.3 Å². The summed E-state index contributed by atoms with van der Waals surface area (Å²) in [5, 5.41) is 5.96. The fraction of sp³-hybridized carbons (Fsp3) is 0.700. The largest absolute Gasteiger partial charge is 0.354 e. The average Bonchev–Trinajstić information content (AvgIpc) is 2.94.